The number of carbonyl (C=O) groups excluding carboxylic acids is 3. The number of hydrogen-bond acceptors (Lipinski definition) is 5. The summed E-state index contributed by atoms with van der Waals surface area (Å²) in [5, 5.41) is 0. The van der Waals surface area contributed by atoms with Gasteiger partial charge in [-0.2, -0.15) is 0 Å². The molecule has 1 aliphatic carbocycles. The second-order valence-electron chi connectivity index (χ2n) is 4.79. The zero-order valence-corrected chi connectivity index (χ0v) is 10.9. The molecule has 1 aliphatic rings. The van der Waals surface area contributed by atoms with Gasteiger partial charge < -0.3 is 9.47 Å². The van der Waals surface area contributed by atoms with Gasteiger partial charge in [-0.25, -0.2) is 0 Å². The fraction of sp³-hybridized carbons (Fsp3) is 0.769. The van der Waals surface area contributed by atoms with Crippen LogP contribution in [-0.4, -0.2) is 25.0 Å². The monoisotopic (exact) mass is 256 g/mol. The van der Waals surface area contributed by atoms with Gasteiger partial charge in [-0.3, -0.25) is 14.4 Å². The van der Waals surface area contributed by atoms with E-state index in [1.54, 1.807) is 0 Å². The van der Waals surface area contributed by atoms with Crippen LogP contribution >= 0.6 is 0 Å². The number of rotatable bonds is 5. The van der Waals surface area contributed by atoms with Crippen LogP contribution in [0.4, 0.5) is 0 Å². The second kappa shape index (κ2) is 7.13. The molecule has 0 spiro atoms. The molecule has 5 nitrogen and oxygen atoms in total. The Morgan fingerprint density at radius 1 is 1.28 bits per heavy atom. The summed E-state index contributed by atoms with van der Waals surface area (Å²) < 4.78 is 9.48. The fourth-order valence-corrected chi connectivity index (χ4v) is 2.32. The molecule has 5 heteroatoms. The molecule has 18 heavy (non-hydrogen) atoms. The second-order valence-corrected chi connectivity index (χ2v) is 4.79. The zero-order chi connectivity index (χ0) is 13.5. The maximum Gasteiger partial charge on any atom is 0.316 e. The van der Waals surface area contributed by atoms with Crippen molar-refractivity contribution in [3.05, 3.63) is 0 Å². The van der Waals surface area contributed by atoms with Gasteiger partial charge in [0.05, 0.1) is 18.4 Å². The van der Waals surface area contributed by atoms with E-state index in [0.29, 0.717) is 13.0 Å². The summed E-state index contributed by atoms with van der Waals surface area (Å²) in [6.07, 6.45) is 2.70. The average molecular weight is 256 g/mol. The van der Waals surface area contributed by atoms with Crippen molar-refractivity contribution in [2.24, 2.45) is 17.8 Å². The van der Waals surface area contributed by atoms with E-state index in [1.165, 1.54) is 0 Å². The normalized spacial score (nSPS) is 27.3. The van der Waals surface area contributed by atoms with Gasteiger partial charge in [0.2, 0.25) is 0 Å². The number of ether oxygens (including phenoxy) is 2. The summed E-state index contributed by atoms with van der Waals surface area (Å²) in [5.41, 5.74) is 0. The maximum atomic E-state index is 11.7. The van der Waals surface area contributed by atoms with E-state index in [2.05, 4.69) is 4.74 Å². The van der Waals surface area contributed by atoms with Crippen LogP contribution in [0, 0.1) is 17.8 Å². The topological polar surface area (TPSA) is 69.7 Å². The van der Waals surface area contributed by atoms with Gasteiger partial charge >= 0.3 is 18.4 Å². The number of esters is 2. The van der Waals surface area contributed by atoms with E-state index in [-0.39, 0.29) is 30.2 Å². The molecule has 1 saturated carbocycles. The first-order valence-corrected chi connectivity index (χ1v) is 6.40. The molecule has 1 fully saturated rings. The molecule has 0 bridgehead atoms. The minimum absolute atomic E-state index is 0.132. The van der Waals surface area contributed by atoms with Crippen molar-refractivity contribution in [1.82, 2.24) is 0 Å². The van der Waals surface area contributed by atoms with Crippen molar-refractivity contribution in [2.45, 2.75) is 39.5 Å². The van der Waals surface area contributed by atoms with E-state index in [0.717, 1.165) is 19.3 Å². The third kappa shape index (κ3) is 3.82. The molecule has 0 saturated heterocycles. The SMILES string of the molecule is CCCOC(=O)[C@H]1CC[C@H](C)[C@@H](C(=O)OC=O)C1. The lowest BCUT2D eigenvalue weighted by atomic mass is 9.75. The van der Waals surface area contributed by atoms with E-state index in [9.17, 15) is 14.4 Å². The number of carbonyl (C=O) groups is 3. The van der Waals surface area contributed by atoms with Crippen LogP contribution in [0.25, 0.3) is 0 Å². The molecule has 0 aliphatic heterocycles. The summed E-state index contributed by atoms with van der Waals surface area (Å²) in [5.74, 6) is -1.29. The highest BCUT2D eigenvalue weighted by molar-refractivity contribution is 5.80. The van der Waals surface area contributed by atoms with Gasteiger partial charge in [0, 0.05) is 0 Å². The van der Waals surface area contributed by atoms with Gasteiger partial charge in [-0.05, 0) is 31.6 Å². The lowest BCUT2D eigenvalue weighted by molar-refractivity contribution is -0.159. The molecule has 0 aromatic carbocycles. The lowest BCUT2D eigenvalue weighted by Crippen LogP contribution is -2.34. The van der Waals surface area contributed by atoms with Gasteiger partial charge in [0.15, 0.2) is 0 Å². The van der Waals surface area contributed by atoms with E-state index in [1.807, 2.05) is 13.8 Å². The Morgan fingerprint density at radius 3 is 2.61 bits per heavy atom. The first-order chi connectivity index (χ1) is 8.60. The minimum Gasteiger partial charge on any atom is -0.465 e. The van der Waals surface area contributed by atoms with Gasteiger partial charge in [-0.15, -0.1) is 0 Å². The summed E-state index contributed by atoms with van der Waals surface area (Å²) in [6, 6.07) is 0. The standard InChI is InChI=1S/C13H20O5/c1-3-6-17-12(15)10-5-4-9(2)11(7-10)13(16)18-8-14/h8-11H,3-7H2,1-2H3/t9-,10-,11-/m0/s1. The molecule has 0 heterocycles. The van der Waals surface area contributed by atoms with Crippen LogP contribution in [-0.2, 0) is 23.9 Å². The van der Waals surface area contributed by atoms with Gasteiger partial charge in [0.25, 0.3) is 0 Å². The van der Waals surface area contributed by atoms with Crippen molar-refractivity contribution in [1.29, 1.82) is 0 Å². The molecular formula is C13H20O5. The molecule has 1 rings (SSSR count). The zero-order valence-electron chi connectivity index (χ0n) is 10.9. The van der Waals surface area contributed by atoms with Crippen LogP contribution in [0.2, 0.25) is 0 Å². The Balaban J connectivity index is 2.56. The first-order valence-electron chi connectivity index (χ1n) is 6.40. The predicted molar refractivity (Wildman–Crippen MR) is 63.4 cm³/mol. The van der Waals surface area contributed by atoms with E-state index in [4.69, 9.17) is 4.74 Å². The molecule has 0 N–H and O–H groups in total. The molecule has 0 unspecified atom stereocenters. The van der Waals surface area contributed by atoms with Crippen molar-refractivity contribution in [2.75, 3.05) is 6.61 Å². The lowest BCUT2D eigenvalue weighted by Gasteiger charge is -2.30. The summed E-state index contributed by atoms with van der Waals surface area (Å²) in [6.45, 7) is 4.42. The van der Waals surface area contributed by atoms with E-state index < -0.39 is 5.97 Å². The molecule has 0 amide bonds. The van der Waals surface area contributed by atoms with Crippen LogP contribution in [0.1, 0.15) is 39.5 Å². The fourth-order valence-electron chi connectivity index (χ4n) is 2.32. The molecule has 0 aromatic heterocycles. The highest BCUT2D eigenvalue weighted by atomic mass is 16.6. The van der Waals surface area contributed by atoms with Crippen molar-refractivity contribution in [3.8, 4) is 0 Å². The summed E-state index contributed by atoms with van der Waals surface area (Å²) in [7, 11) is 0. The third-order valence-electron chi connectivity index (χ3n) is 3.44. The van der Waals surface area contributed by atoms with Gasteiger partial charge in [0.1, 0.15) is 0 Å². The Morgan fingerprint density at radius 2 is 2.00 bits per heavy atom. The average Bonchev–Trinajstić information content (AvgIpc) is 2.36. The largest absolute Gasteiger partial charge is 0.465 e. The van der Waals surface area contributed by atoms with Crippen molar-refractivity contribution in [3.63, 3.8) is 0 Å². The van der Waals surface area contributed by atoms with Crippen LogP contribution in [0.5, 0.6) is 0 Å². The highest BCUT2D eigenvalue weighted by Gasteiger charge is 2.37. The molecule has 0 aromatic rings. The predicted octanol–water partition coefficient (Wildman–Crippen LogP) is 1.69. The molecule has 3 atom stereocenters. The van der Waals surface area contributed by atoms with E-state index >= 15 is 0 Å². The Hall–Kier alpha value is -1.39. The first kappa shape index (κ1) is 14.7. The van der Waals surface area contributed by atoms with Crippen molar-refractivity contribution >= 4 is 18.4 Å². The highest BCUT2D eigenvalue weighted by Crippen LogP contribution is 2.35. The smallest absolute Gasteiger partial charge is 0.316 e. The Bertz CT molecular complexity index is 313. The summed E-state index contributed by atoms with van der Waals surface area (Å²) >= 11 is 0. The van der Waals surface area contributed by atoms with Crippen molar-refractivity contribution < 1.29 is 23.9 Å². The van der Waals surface area contributed by atoms with Crippen LogP contribution in [0.15, 0.2) is 0 Å². The molecule has 102 valence electrons. The third-order valence-corrected chi connectivity index (χ3v) is 3.44. The quantitative estimate of drug-likeness (QED) is 0.425. The van der Waals surface area contributed by atoms with Crippen LogP contribution < -0.4 is 0 Å². The Labute approximate surface area is 107 Å². The molecule has 0 radical (unpaired) electrons. The summed E-state index contributed by atoms with van der Waals surface area (Å²) in [4.78, 5) is 33.5. The molecular weight excluding hydrogens is 236 g/mol. The number of hydrogen-bond donors (Lipinski definition) is 0. The Kier molecular flexibility index (Phi) is 5.82. The minimum atomic E-state index is -0.537. The van der Waals surface area contributed by atoms with Crippen LogP contribution in [0.3, 0.4) is 0 Å². The maximum absolute atomic E-state index is 11.7. The van der Waals surface area contributed by atoms with Gasteiger partial charge in [-0.1, -0.05) is 13.8 Å².